The van der Waals surface area contributed by atoms with Crippen molar-refractivity contribution >= 4 is 11.8 Å². The molecule has 0 fully saturated rings. The van der Waals surface area contributed by atoms with Gasteiger partial charge in [0.25, 0.3) is 0 Å². The smallest absolute Gasteiger partial charge is 0.376 e. The van der Waals surface area contributed by atoms with Crippen molar-refractivity contribution in [1.82, 2.24) is 10.3 Å². The monoisotopic (exact) mass is 318 g/mol. The zero-order chi connectivity index (χ0) is 16.3. The third-order valence-corrected chi connectivity index (χ3v) is 4.29. The predicted molar refractivity (Wildman–Crippen MR) is 81.5 cm³/mol. The van der Waals surface area contributed by atoms with Crippen molar-refractivity contribution in [3.63, 3.8) is 0 Å². The molecule has 6 heteroatoms. The minimum atomic E-state index is -4.42. The van der Waals surface area contributed by atoms with Gasteiger partial charge in [0.05, 0.1) is 5.69 Å². The molecule has 0 radical (unpaired) electrons. The summed E-state index contributed by atoms with van der Waals surface area (Å²) in [5, 5.41) is 2.45. The summed E-state index contributed by atoms with van der Waals surface area (Å²) >= 11 is 1.50. The lowest BCUT2D eigenvalue weighted by Gasteiger charge is -2.29. The van der Waals surface area contributed by atoms with Crippen LogP contribution in [0.1, 0.15) is 39.3 Å². The average molecular weight is 318 g/mol. The fourth-order valence-electron chi connectivity index (χ4n) is 1.73. The Labute approximate surface area is 128 Å². The van der Waals surface area contributed by atoms with E-state index in [-0.39, 0.29) is 5.92 Å². The first-order chi connectivity index (χ1) is 9.53. The highest BCUT2D eigenvalue weighted by Crippen LogP contribution is 2.30. The van der Waals surface area contributed by atoms with Crippen LogP contribution in [0.25, 0.3) is 0 Å². The van der Waals surface area contributed by atoms with E-state index in [0.29, 0.717) is 5.75 Å². The average Bonchev–Trinajstić information content (AvgIpc) is 2.35. The highest BCUT2D eigenvalue weighted by molar-refractivity contribution is 7.99. The van der Waals surface area contributed by atoms with E-state index in [1.54, 1.807) is 20.0 Å². The number of hydrogen-bond acceptors (Lipinski definition) is 3. The maximum absolute atomic E-state index is 12.5. The molecule has 0 aliphatic heterocycles. The van der Waals surface area contributed by atoms with E-state index >= 15 is 0 Å². The van der Waals surface area contributed by atoms with Crippen LogP contribution in [0.3, 0.4) is 0 Å². The van der Waals surface area contributed by atoms with E-state index in [2.05, 4.69) is 16.9 Å². The highest BCUT2D eigenvalue weighted by Gasteiger charge is 2.35. The Morgan fingerprint density at radius 2 is 2.00 bits per heavy atom. The first-order valence-corrected chi connectivity index (χ1v) is 7.63. The van der Waals surface area contributed by atoms with Crippen LogP contribution in [-0.4, -0.2) is 22.5 Å². The van der Waals surface area contributed by atoms with E-state index in [1.165, 1.54) is 11.8 Å². The van der Waals surface area contributed by atoms with Gasteiger partial charge in [-0.3, -0.25) is 4.98 Å². The van der Waals surface area contributed by atoms with E-state index in [1.807, 2.05) is 26.0 Å². The first-order valence-electron chi connectivity index (χ1n) is 6.65. The number of halogens is 3. The van der Waals surface area contributed by atoms with Gasteiger partial charge < -0.3 is 5.32 Å². The summed E-state index contributed by atoms with van der Waals surface area (Å²) in [7, 11) is 0. The predicted octanol–water partition coefficient (Wildman–Crippen LogP) is 4.74. The van der Waals surface area contributed by atoms with Gasteiger partial charge in [-0.2, -0.15) is 13.2 Å². The second kappa shape index (κ2) is 6.73. The number of alkyl halides is 3. The number of thioether (sulfide) groups is 1. The maximum atomic E-state index is 12.5. The van der Waals surface area contributed by atoms with E-state index < -0.39 is 17.4 Å². The van der Waals surface area contributed by atoms with Gasteiger partial charge in [0, 0.05) is 22.4 Å². The van der Waals surface area contributed by atoms with Crippen LogP contribution in [0.2, 0.25) is 0 Å². The summed E-state index contributed by atoms with van der Waals surface area (Å²) in [6, 6.07) is 3.78. The van der Waals surface area contributed by atoms with Crippen LogP contribution in [0.4, 0.5) is 13.2 Å². The molecule has 1 rings (SSSR count). The molecule has 1 aromatic rings. The number of aromatic nitrogens is 1. The van der Waals surface area contributed by atoms with E-state index in [0.717, 1.165) is 10.6 Å². The van der Waals surface area contributed by atoms with Crippen LogP contribution in [0.15, 0.2) is 35.5 Å². The molecule has 1 N–H and O–H groups in total. The molecule has 0 saturated carbocycles. The molecule has 1 aromatic heterocycles. The molecule has 0 atom stereocenters. The molecule has 0 bridgehead atoms. The number of rotatable bonds is 6. The van der Waals surface area contributed by atoms with E-state index in [4.69, 9.17) is 0 Å². The summed E-state index contributed by atoms with van der Waals surface area (Å²) in [5.74, 6) is 0.753. The topological polar surface area (TPSA) is 24.9 Å². The number of allylic oxidation sites excluding steroid dienone is 1. The summed E-state index contributed by atoms with van der Waals surface area (Å²) in [4.78, 5) is 5.34. The highest BCUT2D eigenvalue weighted by atomic mass is 32.2. The molecule has 0 amide bonds. The Bertz CT molecular complexity index is 496. The van der Waals surface area contributed by atoms with Crippen molar-refractivity contribution in [1.29, 1.82) is 0 Å². The van der Waals surface area contributed by atoms with Gasteiger partial charge in [-0.15, -0.1) is 11.8 Å². The zero-order valence-corrected chi connectivity index (χ0v) is 13.5. The Morgan fingerprint density at radius 1 is 1.38 bits per heavy atom. The fraction of sp³-hybridized carbons (Fsp3) is 0.533. The lowest BCUT2D eigenvalue weighted by atomic mass is 10.1. The van der Waals surface area contributed by atoms with Gasteiger partial charge in [0.2, 0.25) is 0 Å². The second-order valence-corrected chi connectivity index (χ2v) is 6.83. The summed E-state index contributed by atoms with van der Waals surface area (Å²) in [6.45, 7) is 10.6. The number of nitrogens with zero attached hydrogens (tertiary/aromatic N) is 1. The van der Waals surface area contributed by atoms with Crippen molar-refractivity contribution in [2.45, 2.75) is 50.2 Å². The third kappa shape index (κ3) is 5.61. The minimum absolute atomic E-state index is 0.273. The molecule has 2 nitrogen and oxygen atoms in total. The summed E-state index contributed by atoms with van der Waals surface area (Å²) < 4.78 is 37.6. The molecule has 0 spiro atoms. The lowest BCUT2D eigenvalue weighted by molar-refractivity contribution is -0.0983. The zero-order valence-electron chi connectivity index (χ0n) is 12.7. The molecular weight excluding hydrogens is 297 g/mol. The third-order valence-electron chi connectivity index (χ3n) is 2.77. The minimum Gasteiger partial charge on any atom is -0.376 e. The molecule has 0 saturated heterocycles. The van der Waals surface area contributed by atoms with Crippen molar-refractivity contribution in [2.24, 2.45) is 0 Å². The molecule has 0 unspecified atom stereocenters. The standard InChI is InChI=1S/C15H21F3N2S/c1-10(2)13-12(7-6-8-19-13)21-9-14(4,5)20-11(3)15(16,17)18/h6-8,10,20H,3,9H2,1-2,4-5H3. The van der Waals surface area contributed by atoms with Crippen LogP contribution >= 0.6 is 11.8 Å². The SMILES string of the molecule is C=C(NC(C)(C)CSc1cccnc1C(C)C)C(F)(F)F. The van der Waals surface area contributed by atoms with Gasteiger partial charge in [0.1, 0.15) is 5.70 Å². The number of nitrogens with one attached hydrogen (secondary N) is 1. The summed E-state index contributed by atoms with van der Waals surface area (Å²) in [6.07, 6.45) is -2.69. The molecular formula is C15H21F3N2S. The number of hydrogen-bond donors (Lipinski definition) is 1. The van der Waals surface area contributed by atoms with Gasteiger partial charge in [-0.1, -0.05) is 20.4 Å². The first kappa shape index (κ1) is 17.9. The fourth-order valence-corrected chi connectivity index (χ4v) is 2.93. The van der Waals surface area contributed by atoms with Crippen molar-refractivity contribution in [3.8, 4) is 0 Å². The molecule has 0 aromatic carbocycles. The second-order valence-electron chi connectivity index (χ2n) is 5.82. The Balaban J connectivity index is 2.72. The summed E-state index contributed by atoms with van der Waals surface area (Å²) in [5.41, 5.74) is -0.669. The largest absolute Gasteiger partial charge is 0.430 e. The Hall–Kier alpha value is -1.17. The van der Waals surface area contributed by atoms with Crippen molar-refractivity contribution in [3.05, 3.63) is 36.3 Å². The maximum Gasteiger partial charge on any atom is 0.430 e. The lowest BCUT2D eigenvalue weighted by Crippen LogP contribution is -2.44. The molecule has 0 aliphatic carbocycles. The van der Waals surface area contributed by atoms with Crippen LogP contribution in [0, 0.1) is 0 Å². The van der Waals surface area contributed by atoms with E-state index in [9.17, 15) is 13.2 Å². The Kier molecular flexibility index (Phi) is 5.73. The van der Waals surface area contributed by atoms with Gasteiger partial charge >= 0.3 is 6.18 Å². The van der Waals surface area contributed by atoms with Crippen LogP contribution in [0.5, 0.6) is 0 Å². The van der Waals surface area contributed by atoms with Crippen LogP contribution in [-0.2, 0) is 0 Å². The van der Waals surface area contributed by atoms with Gasteiger partial charge in [0.15, 0.2) is 0 Å². The molecule has 1 heterocycles. The Morgan fingerprint density at radius 3 is 2.52 bits per heavy atom. The molecule has 21 heavy (non-hydrogen) atoms. The molecule has 0 aliphatic rings. The van der Waals surface area contributed by atoms with Crippen molar-refractivity contribution < 1.29 is 13.2 Å². The normalized spacial score (nSPS) is 12.6. The quantitative estimate of drug-likeness (QED) is 0.767. The van der Waals surface area contributed by atoms with Gasteiger partial charge in [-0.25, -0.2) is 0 Å². The van der Waals surface area contributed by atoms with Crippen molar-refractivity contribution in [2.75, 3.05) is 5.75 Å². The number of pyridine rings is 1. The van der Waals surface area contributed by atoms with Gasteiger partial charge in [-0.05, 0) is 31.9 Å². The molecule has 118 valence electrons. The van der Waals surface area contributed by atoms with Crippen LogP contribution < -0.4 is 5.32 Å².